The number of hydrogen-bond donors (Lipinski definition) is 3. The maximum atomic E-state index is 11.6. The van der Waals surface area contributed by atoms with Crippen LogP contribution >= 0.6 is 15.9 Å². The lowest BCUT2D eigenvalue weighted by molar-refractivity contribution is 0.0962. The van der Waals surface area contributed by atoms with Crippen molar-refractivity contribution < 1.29 is 9.90 Å². The summed E-state index contributed by atoms with van der Waals surface area (Å²) in [5.74, 6) is 1.05. The molecule has 1 saturated heterocycles. The van der Waals surface area contributed by atoms with Gasteiger partial charge in [0.15, 0.2) is 0 Å². The summed E-state index contributed by atoms with van der Waals surface area (Å²) in [7, 11) is 1.61. The molecule has 3 N–H and O–H groups in total. The van der Waals surface area contributed by atoms with Crippen molar-refractivity contribution in [1.82, 2.24) is 15.6 Å². The molecule has 1 aromatic carbocycles. The number of nitrogens with one attached hydrogen (secondary N) is 2. The van der Waals surface area contributed by atoms with Crippen molar-refractivity contribution >= 4 is 27.7 Å². The third-order valence-electron chi connectivity index (χ3n) is 4.37. The average molecular weight is 405 g/mol. The second-order valence-corrected chi connectivity index (χ2v) is 6.99. The molecule has 7 heteroatoms. The van der Waals surface area contributed by atoms with Gasteiger partial charge in [0, 0.05) is 49.0 Å². The standard InChI is InChI=1S/C18H21BrN4O2/c1-20-18(25)12-2-5-17(22-9-12)23-7-6-15(11-23)21-10-13-8-14(19)3-4-16(13)24/h2-5,8-9,15,21,24H,6-7,10-11H2,1H3,(H,20,25)/t15-/m0/s1. The molecule has 0 saturated carbocycles. The van der Waals surface area contributed by atoms with Crippen molar-refractivity contribution in [2.45, 2.75) is 19.0 Å². The van der Waals surface area contributed by atoms with Crippen molar-refractivity contribution in [2.24, 2.45) is 0 Å². The SMILES string of the molecule is CNC(=O)c1ccc(N2CC[C@H](NCc3cc(Br)ccc3O)C2)nc1. The molecule has 2 aromatic rings. The molecule has 1 aliphatic rings. The molecule has 3 rings (SSSR count). The second-order valence-electron chi connectivity index (χ2n) is 6.07. The normalized spacial score (nSPS) is 16.9. The zero-order chi connectivity index (χ0) is 17.8. The summed E-state index contributed by atoms with van der Waals surface area (Å²) in [6.45, 7) is 2.38. The summed E-state index contributed by atoms with van der Waals surface area (Å²) in [6.07, 6.45) is 2.61. The number of aromatic hydroxyl groups is 1. The van der Waals surface area contributed by atoms with Gasteiger partial charge >= 0.3 is 0 Å². The van der Waals surface area contributed by atoms with E-state index in [1.54, 1.807) is 25.4 Å². The third kappa shape index (κ3) is 4.29. The van der Waals surface area contributed by atoms with Crippen molar-refractivity contribution in [3.05, 3.63) is 52.1 Å². The summed E-state index contributed by atoms with van der Waals surface area (Å²) in [4.78, 5) is 18.2. The molecule has 1 aromatic heterocycles. The Morgan fingerprint density at radius 2 is 2.24 bits per heavy atom. The van der Waals surface area contributed by atoms with Crippen molar-refractivity contribution in [1.29, 1.82) is 0 Å². The number of amides is 1. The van der Waals surface area contributed by atoms with E-state index in [-0.39, 0.29) is 5.91 Å². The predicted octanol–water partition coefficient (Wildman–Crippen LogP) is 2.28. The number of benzene rings is 1. The highest BCUT2D eigenvalue weighted by Crippen LogP contribution is 2.23. The van der Waals surface area contributed by atoms with Crippen LogP contribution in [0.2, 0.25) is 0 Å². The van der Waals surface area contributed by atoms with E-state index < -0.39 is 0 Å². The van der Waals surface area contributed by atoms with E-state index in [1.807, 2.05) is 18.2 Å². The Morgan fingerprint density at radius 3 is 2.96 bits per heavy atom. The Labute approximate surface area is 155 Å². The molecular weight excluding hydrogens is 384 g/mol. The summed E-state index contributed by atoms with van der Waals surface area (Å²) in [5, 5.41) is 16.0. The highest BCUT2D eigenvalue weighted by molar-refractivity contribution is 9.10. The lowest BCUT2D eigenvalue weighted by atomic mass is 10.2. The molecule has 0 spiro atoms. The number of halogens is 1. The summed E-state index contributed by atoms with van der Waals surface area (Å²) < 4.78 is 0.954. The molecule has 0 aliphatic carbocycles. The number of nitrogens with zero attached hydrogens (tertiary/aromatic N) is 2. The van der Waals surface area contributed by atoms with Gasteiger partial charge in [-0.2, -0.15) is 0 Å². The van der Waals surface area contributed by atoms with Crippen LogP contribution in [0.5, 0.6) is 5.75 Å². The topological polar surface area (TPSA) is 77.5 Å². The molecule has 1 fully saturated rings. The smallest absolute Gasteiger partial charge is 0.252 e. The van der Waals surface area contributed by atoms with E-state index in [2.05, 4.69) is 36.4 Å². The number of rotatable bonds is 5. The number of phenols is 1. The zero-order valence-corrected chi connectivity index (χ0v) is 15.6. The highest BCUT2D eigenvalue weighted by atomic mass is 79.9. The van der Waals surface area contributed by atoms with Gasteiger partial charge in [0.25, 0.3) is 5.91 Å². The van der Waals surface area contributed by atoms with Crippen LogP contribution in [0.3, 0.4) is 0 Å². The minimum Gasteiger partial charge on any atom is -0.508 e. The molecule has 1 aliphatic heterocycles. The molecule has 25 heavy (non-hydrogen) atoms. The van der Waals surface area contributed by atoms with Gasteiger partial charge in [-0.25, -0.2) is 4.98 Å². The van der Waals surface area contributed by atoms with Gasteiger partial charge in [-0.1, -0.05) is 15.9 Å². The summed E-state index contributed by atoms with van der Waals surface area (Å²) in [5.41, 5.74) is 1.44. The van der Waals surface area contributed by atoms with Crippen LogP contribution in [0.4, 0.5) is 5.82 Å². The first-order valence-electron chi connectivity index (χ1n) is 8.20. The molecular formula is C18H21BrN4O2. The first-order valence-corrected chi connectivity index (χ1v) is 9.00. The Morgan fingerprint density at radius 1 is 1.40 bits per heavy atom. The fourth-order valence-corrected chi connectivity index (χ4v) is 3.35. The van der Waals surface area contributed by atoms with E-state index in [1.165, 1.54) is 0 Å². The molecule has 1 atom stereocenters. The fourth-order valence-electron chi connectivity index (χ4n) is 2.94. The summed E-state index contributed by atoms with van der Waals surface area (Å²) >= 11 is 3.43. The minimum atomic E-state index is -0.131. The average Bonchev–Trinajstić information content (AvgIpc) is 3.11. The summed E-state index contributed by atoms with van der Waals surface area (Å²) in [6, 6.07) is 9.45. The van der Waals surface area contributed by atoms with Gasteiger partial charge in [-0.3, -0.25) is 4.79 Å². The Balaban J connectivity index is 1.56. The number of aromatic nitrogens is 1. The van der Waals surface area contributed by atoms with E-state index >= 15 is 0 Å². The third-order valence-corrected chi connectivity index (χ3v) is 4.87. The fraction of sp³-hybridized carbons (Fsp3) is 0.333. The maximum Gasteiger partial charge on any atom is 0.252 e. The van der Waals surface area contributed by atoms with E-state index in [9.17, 15) is 9.90 Å². The van der Waals surface area contributed by atoms with Crippen molar-refractivity contribution in [2.75, 3.05) is 25.0 Å². The monoisotopic (exact) mass is 404 g/mol. The number of anilines is 1. The van der Waals surface area contributed by atoms with Gasteiger partial charge in [0.1, 0.15) is 11.6 Å². The molecule has 6 nitrogen and oxygen atoms in total. The predicted molar refractivity (Wildman–Crippen MR) is 101 cm³/mol. The van der Waals surface area contributed by atoms with E-state index in [0.717, 1.165) is 35.4 Å². The lowest BCUT2D eigenvalue weighted by Crippen LogP contribution is -2.32. The van der Waals surface area contributed by atoms with E-state index in [4.69, 9.17) is 0 Å². The lowest BCUT2D eigenvalue weighted by Gasteiger charge is -2.18. The number of hydrogen-bond acceptors (Lipinski definition) is 5. The minimum absolute atomic E-state index is 0.131. The van der Waals surface area contributed by atoms with Crippen LogP contribution in [0.15, 0.2) is 41.0 Å². The molecule has 0 radical (unpaired) electrons. The Hall–Kier alpha value is -2.12. The van der Waals surface area contributed by atoms with Gasteiger partial charge in [-0.05, 0) is 36.8 Å². The van der Waals surface area contributed by atoms with Crippen LogP contribution in [-0.4, -0.2) is 42.2 Å². The number of phenolic OH excluding ortho intramolecular Hbond substituents is 1. The highest BCUT2D eigenvalue weighted by Gasteiger charge is 2.23. The quantitative estimate of drug-likeness (QED) is 0.712. The van der Waals surface area contributed by atoms with Crippen molar-refractivity contribution in [3.8, 4) is 5.75 Å². The number of pyridine rings is 1. The number of carbonyl (C=O) groups excluding carboxylic acids is 1. The van der Waals surface area contributed by atoms with Crippen LogP contribution in [-0.2, 0) is 6.54 Å². The molecule has 0 unspecified atom stereocenters. The molecule has 0 bridgehead atoms. The zero-order valence-electron chi connectivity index (χ0n) is 14.0. The van der Waals surface area contributed by atoms with Gasteiger partial charge in [-0.15, -0.1) is 0 Å². The van der Waals surface area contributed by atoms with Crippen LogP contribution in [0.1, 0.15) is 22.3 Å². The first-order chi connectivity index (χ1) is 12.1. The molecule has 132 valence electrons. The maximum absolute atomic E-state index is 11.6. The first kappa shape index (κ1) is 17.7. The molecule has 1 amide bonds. The largest absolute Gasteiger partial charge is 0.508 e. The van der Waals surface area contributed by atoms with Gasteiger partial charge in [0.05, 0.1) is 5.56 Å². The van der Waals surface area contributed by atoms with Gasteiger partial charge in [0.2, 0.25) is 0 Å². The Kier molecular flexibility index (Phi) is 5.55. The van der Waals surface area contributed by atoms with Gasteiger partial charge < -0.3 is 20.6 Å². The van der Waals surface area contributed by atoms with Crippen LogP contribution in [0.25, 0.3) is 0 Å². The van der Waals surface area contributed by atoms with Crippen LogP contribution < -0.4 is 15.5 Å². The number of carbonyl (C=O) groups is 1. The second kappa shape index (κ2) is 7.84. The van der Waals surface area contributed by atoms with E-state index in [0.29, 0.717) is 23.9 Å². The Bertz CT molecular complexity index is 751. The van der Waals surface area contributed by atoms with Crippen molar-refractivity contribution in [3.63, 3.8) is 0 Å². The van der Waals surface area contributed by atoms with Crippen LogP contribution in [0, 0.1) is 0 Å². The molecule has 2 heterocycles.